The van der Waals surface area contributed by atoms with Crippen LogP contribution in [0, 0.1) is 0 Å². The number of amides is 4. The van der Waals surface area contributed by atoms with Crippen molar-refractivity contribution in [3.8, 4) is 0 Å². The Morgan fingerprint density at radius 1 is 0.774 bits per heavy atom. The zero-order valence-corrected chi connectivity index (χ0v) is 17.3. The van der Waals surface area contributed by atoms with E-state index in [9.17, 15) is 33.6 Å². The molecule has 2 rings (SSSR count). The van der Waals surface area contributed by atoms with Crippen molar-refractivity contribution in [2.45, 2.75) is 26.3 Å². The molecular formula is C18H20N6O7. The zero-order chi connectivity index (χ0) is 23.7. The van der Waals surface area contributed by atoms with E-state index in [-0.39, 0.29) is 22.8 Å². The van der Waals surface area contributed by atoms with Crippen LogP contribution in [-0.2, 0) is 9.59 Å². The van der Waals surface area contributed by atoms with Gasteiger partial charge in [-0.1, -0.05) is 0 Å². The maximum atomic E-state index is 12.7. The number of hydrogen-bond donors (Lipinski definition) is 5. The normalized spacial score (nSPS) is 11.8. The van der Waals surface area contributed by atoms with E-state index in [2.05, 4.69) is 31.6 Å². The lowest BCUT2D eigenvalue weighted by molar-refractivity contribution is -0.119. The second-order valence-electron chi connectivity index (χ2n) is 6.97. The van der Waals surface area contributed by atoms with Crippen molar-refractivity contribution in [3.05, 3.63) is 40.9 Å². The van der Waals surface area contributed by atoms with Crippen molar-refractivity contribution in [2.24, 2.45) is 4.99 Å². The maximum absolute atomic E-state index is 12.7. The van der Waals surface area contributed by atoms with E-state index in [0.717, 1.165) is 0 Å². The van der Waals surface area contributed by atoms with Gasteiger partial charge in [-0.05, 0) is 20.8 Å². The first-order valence-electron chi connectivity index (χ1n) is 8.88. The van der Waals surface area contributed by atoms with E-state index < -0.39 is 50.8 Å². The van der Waals surface area contributed by atoms with E-state index in [1.165, 1.54) is 34.9 Å². The highest BCUT2D eigenvalue weighted by Crippen LogP contribution is 2.23. The monoisotopic (exact) mass is 432 g/mol. The Labute approximate surface area is 174 Å². The zero-order valence-electron chi connectivity index (χ0n) is 17.3. The Morgan fingerprint density at radius 3 is 1.87 bits per heavy atom. The number of aliphatic imine (C=N–C) groups is 1. The third-order valence-corrected chi connectivity index (χ3v) is 4.34. The SMILES string of the molecule is CNC(=O)Nc1c(NC(C)(C)C(=O)Nc2c(/N=C(\C)C(=O)NC)c(=O)c2=O)c(=O)c1=O. The molecule has 0 spiro atoms. The molecule has 5 N–H and O–H groups in total. The van der Waals surface area contributed by atoms with Crippen molar-refractivity contribution in [1.82, 2.24) is 10.6 Å². The maximum Gasteiger partial charge on any atom is 0.319 e. The summed E-state index contributed by atoms with van der Waals surface area (Å²) >= 11 is 0. The van der Waals surface area contributed by atoms with Gasteiger partial charge in [0.15, 0.2) is 0 Å². The molecule has 2 aromatic carbocycles. The first-order valence-corrected chi connectivity index (χ1v) is 8.88. The summed E-state index contributed by atoms with van der Waals surface area (Å²) in [5, 5.41) is 11.5. The largest absolute Gasteiger partial charge is 0.367 e. The van der Waals surface area contributed by atoms with Gasteiger partial charge < -0.3 is 26.6 Å². The van der Waals surface area contributed by atoms with E-state index >= 15 is 0 Å². The molecule has 2 aromatic rings. The third kappa shape index (κ3) is 4.24. The van der Waals surface area contributed by atoms with Crippen molar-refractivity contribution < 1.29 is 14.4 Å². The van der Waals surface area contributed by atoms with Crippen molar-refractivity contribution in [3.63, 3.8) is 0 Å². The van der Waals surface area contributed by atoms with Crippen molar-refractivity contribution >= 4 is 46.3 Å². The predicted molar refractivity (Wildman–Crippen MR) is 114 cm³/mol. The number of rotatable bonds is 7. The van der Waals surface area contributed by atoms with Crippen molar-refractivity contribution in [1.29, 1.82) is 0 Å². The second kappa shape index (κ2) is 8.30. The topological polar surface area (TPSA) is 192 Å². The summed E-state index contributed by atoms with van der Waals surface area (Å²) in [5.74, 6) is -1.42. The molecule has 0 heterocycles. The Morgan fingerprint density at radius 2 is 1.32 bits per heavy atom. The van der Waals surface area contributed by atoms with E-state index in [1.807, 2.05) is 0 Å². The molecular weight excluding hydrogens is 412 g/mol. The number of nitrogens with one attached hydrogen (secondary N) is 5. The van der Waals surface area contributed by atoms with Gasteiger partial charge in [0, 0.05) is 14.1 Å². The van der Waals surface area contributed by atoms with Crippen LogP contribution in [0.3, 0.4) is 0 Å². The average Bonchev–Trinajstić information content (AvgIpc) is 2.76. The van der Waals surface area contributed by atoms with E-state index in [1.54, 1.807) is 0 Å². The molecule has 0 unspecified atom stereocenters. The van der Waals surface area contributed by atoms with Gasteiger partial charge in [0.1, 0.15) is 34.0 Å². The third-order valence-electron chi connectivity index (χ3n) is 4.34. The first-order chi connectivity index (χ1) is 14.3. The summed E-state index contributed by atoms with van der Waals surface area (Å²) in [6.07, 6.45) is 0. The molecule has 13 nitrogen and oxygen atoms in total. The highest BCUT2D eigenvalue weighted by molar-refractivity contribution is 6.38. The van der Waals surface area contributed by atoms with Crippen LogP contribution in [0.4, 0.5) is 27.5 Å². The minimum absolute atomic E-state index is 0.101. The van der Waals surface area contributed by atoms with Gasteiger partial charge in [-0.25, -0.2) is 9.79 Å². The quantitative estimate of drug-likeness (QED) is 0.252. The fourth-order valence-corrected chi connectivity index (χ4v) is 2.45. The fraction of sp³-hybridized carbons (Fsp3) is 0.333. The molecule has 31 heavy (non-hydrogen) atoms. The van der Waals surface area contributed by atoms with Gasteiger partial charge in [-0.15, -0.1) is 0 Å². The van der Waals surface area contributed by atoms with Crippen LogP contribution in [0.15, 0.2) is 24.2 Å². The number of urea groups is 1. The van der Waals surface area contributed by atoms with Crippen LogP contribution >= 0.6 is 0 Å². The molecule has 0 radical (unpaired) electrons. The Balaban J connectivity index is 2.27. The van der Waals surface area contributed by atoms with Crippen LogP contribution in [0.2, 0.25) is 0 Å². The van der Waals surface area contributed by atoms with Crippen LogP contribution in [0.5, 0.6) is 0 Å². The van der Waals surface area contributed by atoms with Crippen LogP contribution in [-0.4, -0.2) is 43.2 Å². The minimum atomic E-state index is -1.56. The number of carbonyl (C=O) groups is 3. The van der Waals surface area contributed by atoms with Crippen LogP contribution in [0.1, 0.15) is 20.8 Å². The molecule has 0 aliphatic heterocycles. The summed E-state index contributed by atoms with van der Waals surface area (Å²) in [4.78, 5) is 86.6. The summed E-state index contributed by atoms with van der Waals surface area (Å²) in [6, 6.07) is -0.741. The van der Waals surface area contributed by atoms with Crippen molar-refractivity contribution in [2.75, 3.05) is 30.0 Å². The van der Waals surface area contributed by atoms with E-state index in [0.29, 0.717) is 0 Å². The molecule has 164 valence electrons. The molecule has 0 aliphatic carbocycles. The fourth-order valence-electron chi connectivity index (χ4n) is 2.45. The molecule has 0 aliphatic rings. The van der Waals surface area contributed by atoms with Gasteiger partial charge in [-0.2, -0.15) is 0 Å². The molecule has 0 fully saturated rings. The lowest BCUT2D eigenvalue weighted by Gasteiger charge is -2.28. The molecule has 13 heteroatoms. The van der Waals surface area contributed by atoms with Crippen LogP contribution < -0.4 is 48.3 Å². The highest BCUT2D eigenvalue weighted by atomic mass is 16.2. The predicted octanol–water partition coefficient (Wildman–Crippen LogP) is -1.70. The van der Waals surface area contributed by atoms with Gasteiger partial charge in [-0.3, -0.25) is 28.8 Å². The molecule has 0 aromatic heterocycles. The molecule has 0 saturated carbocycles. The number of anilines is 3. The lowest BCUT2D eigenvalue weighted by Crippen LogP contribution is -2.50. The van der Waals surface area contributed by atoms with Crippen LogP contribution in [0.25, 0.3) is 0 Å². The minimum Gasteiger partial charge on any atom is -0.367 e. The Hall–Kier alpha value is -4.16. The molecule has 4 amide bonds. The Bertz CT molecular complexity index is 1260. The smallest absolute Gasteiger partial charge is 0.319 e. The second-order valence-corrected chi connectivity index (χ2v) is 6.97. The van der Waals surface area contributed by atoms with Gasteiger partial charge in [0.2, 0.25) is 5.91 Å². The lowest BCUT2D eigenvalue weighted by atomic mass is 10.0. The van der Waals surface area contributed by atoms with Gasteiger partial charge in [0.25, 0.3) is 27.6 Å². The Kier molecular flexibility index (Phi) is 6.19. The van der Waals surface area contributed by atoms with Gasteiger partial charge >= 0.3 is 6.03 Å². The first kappa shape index (κ1) is 23.1. The molecule has 0 saturated heterocycles. The summed E-state index contributed by atoms with van der Waals surface area (Å²) < 4.78 is 0. The number of nitrogens with zero attached hydrogens (tertiary/aromatic N) is 1. The van der Waals surface area contributed by atoms with E-state index in [4.69, 9.17) is 0 Å². The van der Waals surface area contributed by atoms with Gasteiger partial charge in [0.05, 0.1) is 0 Å². The standard InChI is InChI=1S/C18H20N6O7/c1-6(15(29)19-4)21-7-8(12(26)11(7)25)22-16(30)18(2,3)24-10-9(13(27)14(10)28)23-17(31)20-5/h24H,1-5H3,(H,19,29)(H,22,30)(H2,20,23,31)/b21-6+. The number of carbonyl (C=O) groups excluding carboxylic acids is 3. The highest BCUT2D eigenvalue weighted by Gasteiger charge is 2.35. The number of hydrogen-bond acceptors (Lipinski definition) is 9. The molecule has 0 atom stereocenters. The summed E-state index contributed by atoms with van der Waals surface area (Å²) in [6.45, 7) is 4.00. The average molecular weight is 432 g/mol. The molecule has 0 bridgehead atoms. The summed E-state index contributed by atoms with van der Waals surface area (Å²) in [7, 11) is 2.66. The summed E-state index contributed by atoms with van der Waals surface area (Å²) in [5.41, 5.74) is -6.88.